The minimum Gasteiger partial charge on any atom is -0.508 e. The van der Waals surface area contributed by atoms with Crippen molar-refractivity contribution in [3.63, 3.8) is 0 Å². The summed E-state index contributed by atoms with van der Waals surface area (Å²) in [6.07, 6.45) is 1.67. The second-order valence-corrected chi connectivity index (χ2v) is 5.37. The smallest absolute Gasteiger partial charge is 0.156 e. The molecule has 4 aromatic rings. The van der Waals surface area contributed by atoms with Crippen LogP contribution in [0.2, 0.25) is 0 Å². The van der Waals surface area contributed by atoms with E-state index in [4.69, 9.17) is 0 Å². The second-order valence-electron chi connectivity index (χ2n) is 5.37. The number of H-pyrrole nitrogens is 1. The number of rotatable bonds is 2. The van der Waals surface area contributed by atoms with Gasteiger partial charge in [0.25, 0.3) is 0 Å². The number of fused-ring (bicyclic) bond motifs is 1. The molecule has 0 aliphatic rings. The van der Waals surface area contributed by atoms with Crippen molar-refractivity contribution in [1.82, 2.24) is 15.2 Å². The van der Waals surface area contributed by atoms with Gasteiger partial charge in [-0.2, -0.15) is 10.4 Å². The molecule has 0 spiro atoms. The molecule has 24 heavy (non-hydrogen) atoms. The summed E-state index contributed by atoms with van der Waals surface area (Å²) >= 11 is 0. The Morgan fingerprint density at radius 1 is 0.958 bits per heavy atom. The van der Waals surface area contributed by atoms with Crippen LogP contribution in [-0.4, -0.2) is 20.3 Å². The number of aromatic amines is 1. The molecular formula is C19H12N4O. The number of aromatic hydroxyl groups is 1. The molecule has 0 aliphatic carbocycles. The van der Waals surface area contributed by atoms with Gasteiger partial charge in [0.2, 0.25) is 0 Å². The standard InChI is InChI=1S/C19H12N4O/c20-10-15-17(12-6-8-14(24)9-7-12)16-11-21-23-19(16)22-18(15)13-4-2-1-3-5-13/h1-9,11,24H,(H,21,22,23). The monoisotopic (exact) mass is 312 g/mol. The Morgan fingerprint density at radius 3 is 2.42 bits per heavy atom. The van der Waals surface area contributed by atoms with Gasteiger partial charge in [-0.05, 0) is 17.7 Å². The Morgan fingerprint density at radius 2 is 1.71 bits per heavy atom. The number of nitrogens with zero attached hydrogens (tertiary/aromatic N) is 3. The van der Waals surface area contributed by atoms with E-state index >= 15 is 0 Å². The topological polar surface area (TPSA) is 85.6 Å². The van der Waals surface area contributed by atoms with Crippen LogP contribution in [0.25, 0.3) is 33.4 Å². The molecule has 0 unspecified atom stereocenters. The van der Waals surface area contributed by atoms with Gasteiger partial charge in [-0.15, -0.1) is 0 Å². The summed E-state index contributed by atoms with van der Waals surface area (Å²) in [7, 11) is 0. The predicted octanol–water partition coefficient (Wildman–Crippen LogP) is 3.87. The molecule has 114 valence electrons. The molecule has 2 aromatic heterocycles. The Balaban J connectivity index is 2.10. The summed E-state index contributed by atoms with van der Waals surface area (Å²) in [5, 5.41) is 27.1. The maximum Gasteiger partial charge on any atom is 0.156 e. The molecule has 0 bridgehead atoms. The van der Waals surface area contributed by atoms with Gasteiger partial charge < -0.3 is 5.11 Å². The Labute approximate surface area is 137 Å². The summed E-state index contributed by atoms with van der Waals surface area (Å²) in [5.74, 6) is 0.179. The van der Waals surface area contributed by atoms with Crippen LogP contribution >= 0.6 is 0 Å². The third-order valence-electron chi connectivity index (χ3n) is 3.91. The van der Waals surface area contributed by atoms with Gasteiger partial charge in [0.05, 0.1) is 17.5 Å². The number of benzene rings is 2. The summed E-state index contributed by atoms with van der Waals surface area (Å²) in [5.41, 5.74) is 4.17. The molecule has 5 heteroatoms. The molecule has 4 rings (SSSR count). The maximum atomic E-state index is 9.80. The maximum absolute atomic E-state index is 9.80. The summed E-state index contributed by atoms with van der Waals surface area (Å²) in [4.78, 5) is 4.59. The Kier molecular flexibility index (Phi) is 3.22. The van der Waals surface area contributed by atoms with E-state index < -0.39 is 0 Å². The molecule has 2 N–H and O–H groups in total. The van der Waals surface area contributed by atoms with E-state index in [0.717, 1.165) is 22.1 Å². The minimum atomic E-state index is 0.179. The first-order valence-electron chi connectivity index (χ1n) is 7.40. The highest BCUT2D eigenvalue weighted by Gasteiger charge is 2.18. The Hall–Kier alpha value is -3.65. The molecule has 0 amide bonds. The Bertz CT molecular complexity index is 1060. The van der Waals surface area contributed by atoms with Gasteiger partial charge in [0.15, 0.2) is 5.65 Å². The van der Waals surface area contributed by atoms with Crippen molar-refractivity contribution in [1.29, 1.82) is 5.26 Å². The lowest BCUT2D eigenvalue weighted by atomic mass is 9.94. The third kappa shape index (κ3) is 2.18. The third-order valence-corrected chi connectivity index (χ3v) is 3.91. The van der Waals surface area contributed by atoms with Crippen molar-refractivity contribution in [2.45, 2.75) is 0 Å². The fourth-order valence-corrected chi connectivity index (χ4v) is 2.81. The van der Waals surface area contributed by atoms with Gasteiger partial charge in [0, 0.05) is 16.5 Å². The van der Waals surface area contributed by atoms with E-state index in [-0.39, 0.29) is 5.75 Å². The molecule has 0 aliphatic heterocycles. The number of hydrogen-bond acceptors (Lipinski definition) is 4. The van der Waals surface area contributed by atoms with Crippen molar-refractivity contribution in [3.05, 3.63) is 66.4 Å². The number of aromatic nitrogens is 3. The highest BCUT2D eigenvalue weighted by molar-refractivity contribution is 5.99. The van der Waals surface area contributed by atoms with Crippen molar-refractivity contribution >= 4 is 11.0 Å². The highest BCUT2D eigenvalue weighted by Crippen LogP contribution is 2.36. The number of nitriles is 1. The van der Waals surface area contributed by atoms with E-state index in [1.807, 2.05) is 30.3 Å². The molecule has 0 saturated carbocycles. The van der Waals surface area contributed by atoms with Crippen molar-refractivity contribution in [2.75, 3.05) is 0 Å². The van der Waals surface area contributed by atoms with Gasteiger partial charge in [-0.1, -0.05) is 42.5 Å². The highest BCUT2D eigenvalue weighted by atomic mass is 16.3. The average Bonchev–Trinajstić information content (AvgIpc) is 3.10. The average molecular weight is 312 g/mol. The lowest BCUT2D eigenvalue weighted by Gasteiger charge is -2.11. The van der Waals surface area contributed by atoms with E-state index in [1.54, 1.807) is 30.5 Å². The van der Waals surface area contributed by atoms with E-state index in [9.17, 15) is 10.4 Å². The molecule has 0 fully saturated rings. The fraction of sp³-hybridized carbons (Fsp3) is 0. The lowest BCUT2D eigenvalue weighted by molar-refractivity contribution is 0.475. The molecule has 5 nitrogen and oxygen atoms in total. The van der Waals surface area contributed by atoms with E-state index in [0.29, 0.717) is 16.9 Å². The second kappa shape index (κ2) is 5.52. The molecule has 0 saturated heterocycles. The normalized spacial score (nSPS) is 10.6. The number of phenolic OH excluding ortho intramolecular Hbond substituents is 1. The van der Waals surface area contributed by atoms with Crippen LogP contribution in [0.1, 0.15) is 5.56 Å². The van der Waals surface area contributed by atoms with Crippen LogP contribution in [-0.2, 0) is 0 Å². The van der Waals surface area contributed by atoms with E-state index in [1.165, 1.54) is 0 Å². The summed E-state index contributed by atoms with van der Waals surface area (Å²) in [6.45, 7) is 0. The predicted molar refractivity (Wildman–Crippen MR) is 91.1 cm³/mol. The minimum absolute atomic E-state index is 0.179. The van der Waals surface area contributed by atoms with Gasteiger partial charge >= 0.3 is 0 Å². The first-order chi connectivity index (χ1) is 11.8. The van der Waals surface area contributed by atoms with Crippen LogP contribution in [0, 0.1) is 11.3 Å². The van der Waals surface area contributed by atoms with Gasteiger partial charge in [0.1, 0.15) is 11.8 Å². The first-order valence-corrected chi connectivity index (χ1v) is 7.40. The van der Waals surface area contributed by atoms with E-state index in [2.05, 4.69) is 21.3 Å². The van der Waals surface area contributed by atoms with Crippen molar-refractivity contribution in [2.24, 2.45) is 0 Å². The van der Waals surface area contributed by atoms with Crippen LogP contribution in [0.5, 0.6) is 5.75 Å². The molecular weight excluding hydrogens is 300 g/mol. The SMILES string of the molecule is N#Cc1c(-c2ccccc2)nc2[nH]ncc2c1-c1ccc(O)cc1. The quantitative estimate of drug-likeness (QED) is 0.588. The molecule has 0 atom stereocenters. The molecule has 0 radical (unpaired) electrons. The van der Waals surface area contributed by atoms with Crippen molar-refractivity contribution < 1.29 is 5.11 Å². The largest absolute Gasteiger partial charge is 0.508 e. The summed E-state index contributed by atoms with van der Waals surface area (Å²) < 4.78 is 0. The molecule has 2 heterocycles. The van der Waals surface area contributed by atoms with Gasteiger partial charge in [-0.3, -0.25) is 5.10 Å². The van der Waals surface area contributed by atoms with Crippen LogP contribution in [0.15, 0.2) is 60.8 Å². The molecule has 2 aromatic carbocycles. The zero-order valence-electron chi connectivity index (χ0n) is 12.6. The summed E-state index contributed by atoms with van der Waals surface area (Å²) in [6, 6.07) is 18.7. The fourth-order valence-electron chi connectivity index (χ4n) is 2.81. The number of phenols is 1. The number of hydrogen-bond donors (Lipinski definition) is 2. The zero-order chi connectivity index (χ0) is 16.5. The van der Waals surface area contributed by atoms with Crippen LogP contribution < -0.4 is 0 Å². The number of nitrogens with one attached hydrogen (secondary N) is 1. The zero-order valence-corrected chi connectivity index (χ0v) is 12.6. The van der Waals surface area contributed by atoms with Crippen LogP contribution in [0.4, 0.5) is 0 Å². The van der Waals surface area contributed by atoms with Crippen molar-refractivity contribution in [3.8, 4) is 34.2 Å². The first kappa shape index (κ1) is 14.0. The van der Waals surface area contributed by atoms with Crippen LogP contribution in [0.3, 0.4) is 0 Å². The number of pyridine rings is 1. The lowest BCUT2D eigenvalue weighted by Crippen LogP contribution is -1.95. The van der Waals surface area contributed by atoms with Gasteiger partial charge in [-0.25, -0.2) is 4.98 Å².